The maximum atomic E-state index is 13.1. The maximum Gasteiger partial charge on any atom is 0.356 e. The van der Waals surface area contributed by atoms with Crippen LogP contribution in [-0.2, 0) is 9.53 Å². The number of rotatable bonds is 7. The molecular weight excluding hydrogens is 386 g/mol. The van der Waals surface area contributed by atoms with Crippen LogP contribution in [0.15, 0.2) is 12.1 Å². The number of carbonyl (C=O) groups is 2. The Labute approximate surface area is 176 Å². The molecule has 2 heterocycles. The number of aromatic amines is 1. The number of nitrogens with one attached hydrogen (secondary N) is 2. The smallest absolute Gasteiger partial charge is 0.356 e. The highest BCUT2D eigenvalue weighted by Crippen LogP contribution is 2.37. The molecule has 3 rings (SSSR count). The van der Waals surface area contributed by atoms with Crippen LogP contribution in [0.3, 0.4) is 0 Å². The Hall–Kier alpha value is -2.74. The van der Waals surface area contributed by atoms with Gasteiger partial charge in [0.25, 0.3) is 0 Å². The first-order valence-corrected chi connectivity index (χ1v) is 10.4. The number of piperidine rings is 1. The number of anilines is 1. The molecule has 1 aromatic carbocycles. The van der Waals surface area contributed by atoms with Gasteiger partial charge < -0.3 is 24.5 Å². The third kappa shape index (κ3) is 4.38. The molecule has 1 aromatic heterocycles. The first-order chi connectivity index (χ1) is 14.4. The molecule has 2 aromatic rings. The fraction of sp³-hybridized carbons (Fsp3) is 0.545. The fourth-order valence-corrected chi connectivity index (χ4v) is 3.98. The molecule has 1 saturated heterocycles. The van der Waals surface area contributed by atoms with Crippen LogP contribution < -0.4 is 14.8 Å². The Bertz CT molecular complexity index is 923. The van der Waals surface area contributed by atoms with Gasteiger partial charge in [0, 0.05) is 18.0 Å². The Morgan fingerprint density at radius 1 is 1.27 bits per heavy atom. The van der Waals surface area contributed by atoms with Gasteiger partial charge in [0.15, 0.2) is 11.5 Å². The van der Waals surface area contributed by atoms with Gasteiger partial charge in [0.2, 0.25) is 5.91 Å². The third-order valence-electron chi connectivity index (χ3n) is 5.65. The van der Waals surface area contributed by atoms with Crippen molar-refractivity contribution >= 4 is 28.5 Å². The number of hydrogen-bond acceptors (Lipinski definition) is 6. The highest BCUT2D eigenvalue weighted by Gasteiger charge is 2.28. The van der Waals surface area contributed by atoms with Crippen molar-refractivity contribution in [1.29, 1.82) is 0 Å². The summed E-state index contributed by atoms with van der Waals surface area (Å²) in [7, 11) is 3.09. The number of H-pyrrole nitrogens is 1. The summed E-state index contributed by atoms with van der Waals surface area (Å²) in [6.07, 6.45) is 2.26. The van der Waals surface area contributed by atoms with E-state index in [2.05, 4.69) is 22.1 Å². The number of fused-ring (bicyclic) bond motifs is 1. The van der Waals surface area contributed by atoms with Crippen LogP contribution in [0.4, 0.5) is 5.69 Å². The van der Waals surface area contributed by atoms with Crippen LogP contribution in [-0.4, -0.2) is 61.7 Å². The average molecular weight is 418 g/mol. The molecule has 164 valence electrons. The van der Waals surface area contributed by atoms with Gasteiger partial charge in [-0.25, -0.2) is 4.79 Å². The van der Waals surface area contributed by atoms with E-state index in [9.17, 15) is 9.59 Å². The van der Waals surface area contributed by atoms with Crippen molar-refractivity contribution < 1.29 is 23.8 Å². The second kappa shape index (κ2) is 9.38. The van der Waals surface area contributed by atoms with Gasteiger partial charge >= 0.3 is 5.97 Å². The topological polar surface area (TPSA) is 92.9 Å². The number of ether oxygens (including phenoxy) is 3. The van der Waals surface area contributed by atoms with Crippen molar-refractivity contribution in [3.63, 3.8) is 0 Å². The van der Waals surface area contributed by atoms with Gasteiger partial charge in [-0.05, 0) is 45.2 Å². The van der Waals surface area contributed by atoms with E-state index in [4.69, 9.17) is 14.2 Å². The van der Waals surface area contributed by atoms with Gasteiger partial charge in [-0.1, -0.05) is 6.92 Å². The van der Waals surface area contributed by atoms with E-state index in [1.165, 1.54) is 6.42 Å². The van der Waals surface area contributed by atoms with Crippen LogP contribution >= 0.6 is 0 Å². The SMILES string of the molecule is CCOC(=O)c1[nH]c2cc(OC)c(OC)cc2c1NC(=O)[C@H](C)N1CCC[C@H](C)C1. The van der Waals surface area contributed by atoms with Gasteiger partial charge in [-0.3, -0.25) is 9.69 Å². The van der Waals surface area contributed by atoms with Crippen molar-refractivity contribution in [2.45, 2.75) is 39.7 Å². The Kier molecular flexibility index (Phi) is 6.87. The average Bonchev–Trinajstić information content (AvgIpc) is 3.09. The lowest BCUT2D eigenvalue weighted by atomic mass is 9.99. The first-order valence-electron chi connectivity index (χ1n) is 10.4. The van der Waals surface area contributed by atoms with E-state index in [1.807, 2.05) is 6.92 Å². The zero-order valence-corrected chi connectivity index (χ0v) is 18.3. The molecule has 2 N–H and O–H groups in total. The molecule has 1 amide bonds. The number of amides is 1. The van der Waals surface area contributed by atoms with Gasteiger partial charge in [0.05, 0.1) is 38.1 Å². The lowest BCUT2D eigenvalue weighted by molar-refractivity contribution is -0.121. The third-order valence-corrected chi connectivity index (χ3v) is 5.65. The van der Waals surface area contributed by atoms with E-state index >= 15 is 0 Å². The van der Waals surface area contributed by atoms with E-state index in [0.717, 1.165) is 19.5 Å². The van der Waals surface area contributed by atoms with Gasteiger partial charge in [0.1, 0.15) is 5.69 Å². The second-order valence-electron chi connectivity index (χ2n) is 7.76. The van der Waals surface area contributed by atoms with Crippen LogP contribution in [0.1, 0.15) is 44.1 Å². The summed E-state index contributed by atoms with van der Waals surface area (Å²) in [6, 6.07) is 3.17. The van der Waals surface area contributed by atoms with Gasteiger partial charge in [-0.2, -0.15) is 0 Å². The van der Waals surface area contributed by atoms with Crippen LogP contribution in [0, 0.1) is 5.92 Å². The summed E-state index contributed by atoms with van der Waals surface area (Å²) >= 11 is 0. The molecule has 0 aliphatic carbocycles. The van der Waals surface area contributed by atoms with Gasteiger partial charge in [-0.15, -0.1) is 0 Å². The summed E-state index contributed by atoms with van der Waals surface area (Å²) in [6.45, 7) is 7.85. The summed E-state index contributed by atoms with van der Waals surface area (Å²) in [5.74, 6) is 0.906. The van der Waals surface area contributed by atoms with Crippen molar-refractivity contribution in [3.05, 3.63) is 17.8 Å². The monoisotopic (exact) mass is 417 g/mol. The van der Waals surface area contributed by atoms with Crippen LogP contribution in [0.2, 0.25) is 0 Å². The number of esters is 1. The number of carbonyl (C=O) groups excluding carboxylic acids is 2. The first kappa shape index (κ1) is 22.0. The molecule has 0 radical (unpaired) electrons. The molecule has 8 heteroatoms. The molecule has 8 nitrogen and oxygen atoms in total. The maximum absolute atomic E-state index is 13.1. The molecule has 0 bridgehead atoms. The number of likely N-dealkylation sites (tertiary alicyclic amines) is 1. The van der Waals surface area contributed by atoms with Crippen molar-refractivity contribution in [2.75, 3.05) is 39.2 Å². The Balaban J connectivity index is 1.98. The summed E-state index contributed by atoms with van der Waals surface area (Å²) in [5.41, 5.74) is 1.24. The largest absolute Gasteiger partial charge is 0.493 e. The van der Waals surface area contributed by atoms with Crippen LogP contribution in [0.5, 0.6) is 11.5 Å². The zero-order valence-electron chi connectivity index (χ0n) is 18.3. The number of hydrogen-bond donors (Lipinski definition) is 2. The minimum Gasteiger partial charge on any atom is -0.493 e. The summed E-state index contributed by atoms with van der Waals surface area (Å²) in [5, 5.41) is 3.62. The van der Waals surface area contributed by atoms with E-state index in [-0.39, 0.29) is 24.2 Å². The highest BCUT2D eigenvalue weighted by atomic mass is 16.5. The standard InChI is InChI=1S/C22H31N3O5/c1-6-30-22(27)20-19(15-10-17(28-4)18(29-5)11-16(15)23-20)24-21(26)14(3)25-9-7-8-13(2)12-25/h10-11,13-14,23H,6-9,12H2,1-5H3,(H,24,26)/t13-,14-/m0/s1. The summed E-state index contributed by atoms with van der Waals surface area (Å²) < 4.78 is 15.9. The quantitative estimate of drug-likeness (QED) is 0.671. The second-order valence-corrected chi connectivity index (χ2v) is 7.76. The molecule has 1 aliphatic heterocycles. The molecule has 0 spiro atoms. The lowest BCUT2D eigenvalue weighted by Gasteiger charge is -2.34. The normalized spacial score (nSPS) is 18.1. The highest BCUT2D eigenvalue weighted by molar-refractivity contribution is 6.12. The predicted molar refractivity (Wildman–Crippen MR) is 115 cm³/mol. The minimum atomic E-state index is -0.527. The van der Waals surface area contributed by atoms with E-state index in [0.29, 0.717) is 34.0 Å². The van der Waals surface area contributed by atoms with E-state index < -0.39 is 5.97 Å². The molecule has 30 heavy (non-hydrogen) atoms. The molecule has 2 atom stereocenters. The minimum absolute atomic E-state index is 0.162. The van der Waals surface area contributed by atoms with Crippen molar-refractivity contribution in [3.8, 4) is 11.5 Å². The Morgan fingerprint density at radius 2 is 1.97 bits per heavy atom. The molecule has 0 saturated carbocycles. The molecule has 1 fully saturated rings. The van der Waals surface area contributed by atoms with Crippen LogP contribution in [0.25, 0.3) is 10.9 Å². The Morgan fingerprint density at radius 3 is 2.60 bits per heavy atom. The van der Waals surface area contributed by atoms with E-state index in [1.54, 1.807) is 33.3 Å². The number of methoxy groups -OCH3 is 2. The molecule has 1 aliphatic rings. The predicted octanol–water partition coefficient (Wildman–Crippen LogP) is 3.42. The van der Waals surface area contributed by atoms with Crippen molar-refractivity contribution in [1.82, 2.24) is 9.88 Å². The number of aromatic nitrogens is 1. The summed E-state index contributed by atoms with van der Waals surface area (Å²) in [4.78, 5) is 30.9. The molecular formula is C22H31N3O5. The lowest BCUT2D eigenvalue weighted by Crippen LogP contribution is -2.46. The van der Waals surface area contributed by atoms with Crippen molar-refractivity contribution in [2.24, 2.45) is 5.92 Å². The zero-order chi connectivity index (χ0) is 21.8. The fourth-order valence-electron chi connectivity index (χ4n) is 3.98. The number of benzene rings is 1. The number of nitrogens with zero attached hydrogens (tertiary/aromatic N) is 1. The molecule has 0 unspecified atom stereocenters.